The first-order chi connectivity index (χ1) is 25.4. The summed E-state index contributed by atoms with van der Waals surface area (Å²) in [5.41, 5.74) is 5.19. The van der Waals surface area contributed by atoms with Crippen LogP contribution in [-0.4, -0.2) is 52.3 Å². The quantitative estimate of drug-likeness (QED) is 0.117. The Kier molecular flexibility index (Phi) is 11.0. The van der Waals surface area contributed by atoms with E-state index in [0.717, 1.165) is 44.6 Å². The number of fused-ring (bicyclic) bond motifs is 1. The Balaban J connectivity index is 1.10. The third kappa shape index (κ3) is 9.38. The van der Waals surface area contributed by atoms with E-state index in [4.69, 9.17) is 14.6 Å². The Labute approximate surface area is 310 Å². The van der Waals surface area contributed by atoms with Crippen molar-refractivity contribution in [3.63, 3.8) is 0 Å². The number of carbonyl (C=O) groups is 2. The number of anilines is 3. The zero-order valence-electron chi connectivity index (χ0n) is 30.9. The van der Waals surface area contributed by atoms with E-state index in [2.05, 4.69) is 41.7 Å². The normalized spacial score (nSPS) is 11.4. The maximum Gasteiger partial charge on any atom is 0.324 e. The number of aromatic nitrogens is 3. The van der Waals surface area contributed by atoms with E-state index >= 15 is 0 Å². The van der Waals surface area contributed by atoms with Gasteiger partial charge in [-0.3, -0.25) is 15.0 Å². The number of urea groups is 1. The molecule has 0 spiro atoms. The number of nitrogens with one attached hydrogen (secondary N) is 3. The van der Waals surface area contributed by atoms with Gasteiger partial charge >= 0.3 is 6.03 Å². The summed E-state index contributed by atoms with van der Waals surface area (Å²) >= 11 is 0. The van der Waals surface area contributed by atoms with Gasteiger partial charge in [0.2, 0.25) is 5.91 Å². The van der Waals surface area contributed by atoms with Gasteiger partial charge in [0.1, 0.15) is 29.7 Å². The molecule has 0 aliphatic rings. The van der Waals surface area contributed by atoms with Gasteiger partial charge in [0.25, 0.3) is 0 Å². The predicted octanol–water partition coefficient (Wildman–Crippen LogP) is 8.33. The minimum Gasteiger partial charge on any atom is -0.497 e. The highest BCUT2D eigenvalue weighted by Gasteiger charge is 2.22. The Morgan fingerprint density at radius 2 is 1.57 bits per heavy atom. The molecule has 0 saturated carbocycles. The van der Waals surface area contributed by atoms with E-state index in [1.54, 1.807) is 24.1 Å². The standard InChI is InChI=1S/C42H45N7O4/c1-28-11-15-31(16-12-28)49-39(24-37(47-49)42(2,3)4)46-41(51)44-35-19-20-36(34-10-8-7-9-33(34)35)53-27-30-21-22-43-38(23-30)45-40(50)26-48(5)25-29-13-17-32(52-6)18-14-29/h7-24H,25-27H2,1-6H3,(H,43,45,50)(H2,44,46,51). The molecule has 0 aliphatic carbocycles. The van der Waals surface area contributed by atoms with Crippen molar-refractivity contribution in [1.29, 1.82) is 0 Å². The Hall–Kier alpha value is -6.20. The average molecular weight is 712 g/mol. The lowest BCUT2D eigenvalue weighted by Crippen LogP contribution is -2.30. The van der Waals surface area contributed by atoms with Crippen LogP contribution in [0.1, 0.15) is 43.2 Å². The number of likely N-dealkylation sites (N-methyl/N-ethyl adjacent to an activating group) is 1. The van der Waals surface area contributed by atoms with Crippen LogP contribution in [-0.2, 0) is 23.4 Å². The minimum atomic E-state index is -0.393. The van der Waals surface area contributed by atoms with E-state index in [1.807, 2.05) is 116 Å². The predicted molar refractivity (Wildman–Crippen MR) is 210 cm³/mol. The van der Waals surface area contributed by atoms with Gasteiger partial charge in [-0.1, -0.05) is 74.9 Å². The first-order valence-corrected chi connectivity index (χ1v) is 17.4. The number of hydrogen-bond acceptors (Lipinski definition) is 7. The molecule has 0 atom stereocenters. The van der Waals surface area contributed by atoms with E-state index in [0.29, 0.717) is 29.6 Å². The summed E-state index contributed by atoms with van der Waals surface area (Å²) in [5.74, 6) is 2.29. The molecule has 0 fully saturated rings. The molecule has 6 rings (SSSR count). The summed E-state index contributed by atoms with van der Waals surface area (Å²) in [6.45, 7) is 9.37. The van der Waals surface area contributed by atoms with Crippen LogP contribution in [0.15, 0.2) is 109 Å². The monoisotopic (exact) mass is 711 g/mol. The second kappa shape index (κ2) is 16.0. The van der Waals surface area contributed by atoms with Crippen molar-refractivity contribution < 1.29 is 19.1 Å². The van der Waals surface area contributed by atoms with Crippen LogP contribution in [0.5, 0.6) is 11.5 Å². The molecule has 53 heavy (non-hydrogen) atoms. The maximum atomic E-state index is 13.5. The summed E-state index contributed by atoms with van der Waals surface area (Å²) in [7, 11) is 3.53. The number of carbonyl (C=O) groups excluding carboxylic acids is 2. The molecule has 3 amide bonds. The SMILES string of the molecule is COc1ccc(CN(C)CC(=O)Nc2cc(COc3ccc(NC(=O)Nc4cc(C(C)(C)C)nn4-c4ccc(C)cc4)c4ccccc34)ccn2)cc1. The summed E-state index contributed by atoms with van der Waals surface area (Å²) in [6, 6.07) is 32.4. The molecule has 0 radical (unpaired) electrons. The molecule has 11 heteroatoms. The molecule has 272 valence electrons. The highest BCUT2D eigenvalue weighted by atomic mass is 16.5. The zero-order valence-corrected chi connectivity index (χ0v) is 30.9. The number of amides is 3. The van der Waals surface area contributed by atoms with Crippen LogP contribution < -0.4 is 25.4 Å². The first kappa shape index (κ1) is 36.6. The Morgan fingerprint density at radius 3 is 2.28 bits per heavy atom. The molecule has 0 unspecified atom stereocenters. The van der Waals surface area contributed by atoms with Crippen LogP contribution in [0.3, 0.4) is 0 Å². The summed E-state index contributed by atoms with van der Waals surface area (Å²) in [5, 5.41) is 15.4. The largest absolute Gasteiger partial charge is 0.497 e. The molecule has 2 aromatic heterocycles. The molecule has 6 aromatic rings. The van der Waals surface area contributed by atoms with Crippen LogP contribution >= 0.6 is 0 Å². The zero-order chi connectivity index (χ0) is 37.5. The average Bonchev–Trinajstić information content (AvgIpc) is 3.56. The van der Waals surface area contributed by atoms with E-state index in [9.17, 15) is 9.59 Å². The van der Waals surface area contributed by atoms with Gasteiger partial charge in [-0.15, -0.1) is 0 Å². The van der Waals surface area contributed by atoms with Gasteiger partial charge in [-0.25, -0.2) is 14.5 Å². The smallest absolute Gasteiger partial charge is 0.324 e. The number of rotatable bonds is 12. The molecule has 2 heterocycles. The topological polar surface area (TPSA) is 123 Å². The molecular formula is C42H45N7O4. The van der Waals surface area contributed by atoms with Crippen molar-refractivity contribution in [2.24, 2.45) is 0 Å². The van der Waals surface area contributed by atoms with Crippen molar-refractivity contribution in [2.75, 3.05) is 36.7 Å². The fourth-order valence-electron chi connectivity index (χ4n) is 5.82. The van der Waals surface area contributed by atoms with Crippen LogP contribution in [0, 0.1) is 6.92 Å². The van der Waals surface area contributed by atoms with Gasteiger partial charge < -0.3 is 20.1 Å². The number of hydrogen-bond donors (Lipinski definition) is 3. The van der Waals surface area contributed by atoms with Crippen molar-refractivity contribution in [2.45, 2.75) is 46.3 Å². The first-order valence-electron chi connectivity index (χ1n) is 17.4. The number of pyridine rings is 1. The van der Waals surface area contributed by atoms with Gasteiger partial charge in [0, 0.05) is 35.0 Å². The van der Waals surface area contributed by atoms with Crippen molar-refractivity contribution >= 4 is 40.0 Å². The Morgan fingerprint density at radius 1 is 0.830 bits per heavy atom. The lowest BCUT2D eigenvalue weighted by atomic mass is 9.92. The molecule has 0 saturated heterocycles. The van der Waals surface area contributed by atoms with Crippen molar-refractivity contribution in [3.05, 3.63) is 132 Å². The molecule has 4 aromatic carbocycles. The summed E-state index contributed by atoms with van der Waals surface area (Å²) in [4.78, 5) is 32.5. The fraction of sp³-hybridized carbons (Fsp3) is 0.238. The number of nitrogens with zero attached hydrogens (tertiary/aromatic N) is 4. The van der Waals surface area contributed by atoms with Crippen LogP contribution in [0.2, 0.25) is 0 Å². The second-order valence-corrected chi connectivity index (χ2v) is 14.1. The van der Waals surface area contributed by atoms with Gasteiger partial charge in [0.15, 0.2) is 0 Å². The van der Waals surface area contributed by atoms with Crippen molar-refractivity contribution in [1.82, 2.24) is 19.7 Å². The summed E-state index contributed by atoms with van der Waals surface area (Å²) < 4.78 is 13.3. The maximum absolute atomic E-state index is 13.5. The highest BCUT2D eigenvalue weighted by molar-refractivity contribution is 6.07. The number of aryl methyl sites for hydroxylation is 1. The third-order valence-corrected chi connectivity index (χ3v) is 8.64. The molecular weight excluding hydrogens is 667 g/mol. The van der Waals surface area contributed by atoms with E-state index in [-0.39, 0.29) is 24.5 Å². The molecule has 0 bridgehead atoms. The Bertz CT molecular complexity index is 2210. The van der Waals surface area contributed by atoms with Crippen LogP contribution in [0.4, 0.5) is 22.1 Å². The minimum absolute atomic E-state index is 0.168. The molecule has 3 N–H and O–H groups in total. The van der Waals surface area contributed by atoms with Crippen molar-refractivity contribution in [3.8, 4) is 17.2 Å². The van der Waals surface area contributed by atoms with E-state index < -0.39 is 6.03 Å². The highest BCUT2D eigenvalue weighted by Crippen LogP contribution is 2.33. The van der Waals surface area contributed by atoms with Gasteiger partial charge in [0.05, 0.1) is 30.7 Å². The van der Waals surface area contributed by atoms with Crippen LogP contribution in [0.25, 0.3) is 16.5 Å². The number of methoxy groups -OCH3 is 1. The second-order valence-electron chi connectivity index (χ2n) is 14.1. The van der Waals surface area contributed by atoms with E-state index in [1.165, 1.54) is 0 Å². The summed E-state index contributed by atoms with van der Waals surface area (Å²) in [6.07, 6.45) is 1.65. The lowest BCUT2D eigenvalue weighted by molar-refractivity contribution is -0.117. The third-order valence-electron chi connectivity index (χ3n) is 8.64. The lowest BCUT2D eigenvalue weighted by Gasteiger charge is -2.17. The molecule has 0 aliphatic heterocycles. The molecule has 11 nitrogen and oxygen atoms in total. The van der Waals surface area contributed by atoms with Gasteiger partial charge in [-0.2, -0.15) is 5.10 Å². The number of ether oxygens (including phenoxy) is 2. The fourth-order valence-corrected chi connectivity index (χ4v) is 5.82. The van der Waals surface area contributed by atoms with Gasteiger partial charge in [-0.05, 0) is 73.6 Å². The number of benzene rings is 4.